The third-order valence-corrected chi connectivity index (χ3v) is 4.78. The average molecular weight is 330 g/mol. The molecule has 0 bridgehead atoms. The third kappa shape index (κ3) is 3.51. The van der Waals surface area contributed by atoms with Gasteiger partial charge in [0.2, 0.25) is 0 Å². The summed E-state index contributed by atoms with van der Waals surface area (Å²) in [6.45, 7) is 6.95. The number of rotatable bonds is 4. The van der Waals surface area contributed by atoms with Gasteiger partial charge in [0.1, 0.15) is 10.8 Å². The molecule has 23 heavy (non-hydrogen) atoms. The fourth-order valence-electron chi connectivity index (χ4n) is 2.65. The summed E-state index contributed by atoms with van der Waals surface area (Å²) < 4.78 is 11.2. The van der Waals surface area contributed by atoms with Crippen LogP contribution in [0.5, 0.6) is 5.75 Å². The molecule has 3 rings (SSSR count). The molecular formula is C18H22N2O2S. The van der Waals surface area contributed by atoms with Crippen LogP contribution in [0.4, 0.5) is 0 Å². The normalized spacial score (nSPS) is 16.0. The summed E-state index contributed by atoms with van der Waals surface area (Å²) in [7, 11) is 1.67. The number of methoxy groups -OCH3 is 1. The van der Waals surface area contributed by atoms with E-state index in [-0.39, 0.29) is 5.60 Å². The Labute approximate surface area is 141 Å². The number of hydrogen-bond acceptors (Lipinski definition) is 5. The Bertz CT molecular complexity index is 699. The lowest BCUT2D eigenvalue weighted by atomic mass is 9.96. The van der Waals surface area contributed by atoms with Gasteiger partial charge in [-0.2, -0.15) is 0 Å². The highest BCUT2D eigenvalue weighted by molar-refractivity contribution is 7.99. The lowest BCUT2D eigenvalue weighted by Crippen LogP contribution is -2.33. The summed E-state index contributed by atoms with van der Waals surface area (Å²) in [5, 5.41) is 1.04. The predicted octanol–water partition coefficient (Wildman–Crippen LogP) is 4.12. The average Bonchev–Trinajstić information content (AvgIpc) is 2.54. The molecule has 4 nitrogen and oxygen atoms in total. The van der Waals surface area contributed by atoms with Gasteiger partial charge in [-0.3, -0.25) is 0 Å². The standard InChI is InChI=1S/C18H22N2O2S/c1-5-23-17-14-11-22-18(2,3)10-15(14)19-16(20-17)12-6-8-13(21-4)9-7-12/h6-9H,5,10-11H2,1-4H3. The number of hydrogen-bond donors (Lipinski definition) is 0. The molecule has 1 aromatic carbocycles. The Hall–Kier alpha value is -1.59. The smallest absolute Gasteiger partial charge is 0.160 e. The maximum Gasteiger partial charge on any atom is 0.160 e. The Balaban J connectivity index is 2.05. The van der Waals surface area contributed by atoms with E-state index in [9.17, 15) is 0 Å². The molecule has 1 aliphatic rings. The van der Waals surface area contributed by atoms with Crippen molar-refractivity contribution in [3.8, 4) is 17.1 Å². The molecule has 2 heterocycles. The minimum absolute atomic E-state index is 0.174. The van der Waals surface area contributed by atoms with Crippen LogP contribution in [0.25, 0.3) is 11.4 Å². The third-order valence-electron chi connectivity index (χ3n) is 3.88. The van der Waals surface area contributed by atoms with Crippen LogP contribution in [0, 0.1) is 0 Å². The van der Waals surface area contributed by atoms with Gasteiger partial charge in [-0.25, -0.2) is 9.97 Å². The van der Waals surface area contributed by atoms with Gasteiger partial charge in [-0.15, -0.1) is 11.8 Å². The second-order valence-corrected chi connectivity index (χ2v) is 7.42. The predicted molar refractivity (Wildman–Crippen MR) is 93.0 cm³/mol. The topological polar surface area (TPSA) is 44.2 Å². The summed E-state index contributed by atoms with van der Waals surface area (Å²) in [4.78, 5) is 9.61. The Kier molecular flexibility index (Phi) is 4.60. The van der Waals surface area contributed by atoms with E-state index in [0.717, 1.165) is 45.6 Å². The van der Waals surface area contributed by atoms with Crippen LogP contribution >= 0.6 is 11.8 Å². The van der Waals surface area contributed by atoms with E-state index in [0.29, 0.717) is 6.61 Å². The van der Waals surface area contributed by atoms with Gasteiger partial charge in [0, 0.05) is 17.5 Å². The maximum atomic E-state index is 5.94. The molecule has 0 saturated heterocycles. The molecule has 1 aromatic heterocycles. The van der Waals surface area contributed by atoms with Crippen LogP contribution in [-0.2, 0) is 17.8 Å². The summed E-state index contributed by atoms with van der Waals surface area (Å²) >= 11 is 1.75. The van der Waals surface area contributed by atoms with Crippen molar-refractivity contribution in [2.45, 2.75) is 44.4 Å². The zero-order valence-electron chi connectivity index (χ0n) is 14.0. The van der Waals surface area contributed by atoms with E-state index in [4.69, 9.17) is 19.4 Å². The van der Waals surface area contributed by atoms with E-state index in [1.54, 1.807) is 18.9 Å². The molecule has 0 unspecified atom stereocenters. The first kappa shape index (κ1) is 16.3. The van der Waals surface area contributed by atoms with Gasteiger partial charge in [0.25, 0.3) is 0 Å². The van der Waals surface area contributed by atoms with Crippen molar-refractivity contribution in [1.29, 1.82) is 0 Å². The van der Waals surface area contributed by atoms with Crippen molar-refractivity contribution < 1.29 is 9.47 Å². The second kappa shape index (κ2) is 6.49. The Morgan fingerprint density at radius 1 is 1.22 bits per heavy atom. The number of aromatic nitrogens is 2. The molecule has 0 radical (unpaired) electrons. The zero-order valence-corrected chi connectivity index (χ0v) is 14.9. The highest BCUT2D eigenvalue weighted by Gasteiger charge is 2.30. The van der Waals surface area contributed by atoms with Crippen molar-refractivity contribution in [3.63, 3.8) is 0 Å². The van der Waals surface area contributed by atoms with Crippen LogP contribution < -0.4 is 4.74 Å². The van der Waals surface area contributed by atoms with Crippen molar-refractivity contribution in [2.75, 3.05) is 12.9 Å². The van der Waals surface area contributed by atoms with Crippen LogP contribution in [0.2, 0.25) is 0 Å². The molecule has 1 aliphatic heterocycles. The van der Waals surface area contributed by atoms with Crippen LogP contribution in [0.15, 0.2) is 29.3 Å². The SMILES string of the molecule is CCSc1nc(-c2ccc(OC)cc2)nc2c1COC(C)(C)C2. The fourth-order valence-corrected chi connectivity index (χ4v) is 3.42. The molecule has 5 heteroatoms. The molecule has 122 valence electrons. The first-order valence-electron chi connectivity index (χ1n) is 7.83. The maximum absolute atomic E-state index is 5.94. The first-order chi connectivity index (χ1) is 11.0. The van der Waals surface area contributed by atoms with Crippen LogP contribution in [0.3, 0.4) is 0 Å². The fraction of sp³-hybridized carbons (Fsp3) is 0.444. The number of benzene rings is 1. The molecule has 0 atom stereocenters. The highest BCUT2D eigenvalue weighted by atomic mass is 32.2. The van der Waals surface area contributed by atoms with Crippen molar-refractivity contribution in [1.82, 2.24) is 9.97 Å². The zero-order chi connectivity index (χ0) is 16.4. The largest absolute Gasteiger partial charge is 0.497 e. The van der Waals surface area contributed by atoms with Crippen LogP contribution in [-0.4, -0.2) is 28.4 Å². The second-order valence-electron chi connectivity index (χ2n) is 6.16. The number of thioether (sulfide) groups is 1. The number of nitrogens with zero attached hydrogens (tertiary/aromatic N) is 2. The molecule has 0 spiro atoms. The minimum atomic E-state index is -0.174. The Morgan fingerprint density at radius 2 is 1.96 bits per heavy atom. The number of fused-ring (bicyclic) bond motifs is 1. The molecule has 0 N–H and O–H groups in total. The minimum Gasteiger partial charge on any atom is -0.497 e. The molecular weight excluding hydrogens is 308 g/mol. The molecule has 0 aliphatic carbocycles. The van der Waals surface area contributed by atoms with E-state index in [2.05, 4.69) is 20.8 Å². The van der Waals surface area contributed by atoms with Crippen molar-refractivity contribution >= 4 is 11.8 Å². The molecule has 2 aromatic rings. The van der Waals surface area contributed by atoms with Gasteiger partial charge in [-0.05, 0) is 43.9 Å². The van der Waals surface area contributed by atoms with Crippen LogP contribution in [0.1, 0.15) is 32.0 Å². The van der Waals surface area contributed by atoms with E-state index < -0.39 is 0 Å². The van der Waals surface area contributed by atoms with Gasteiger partial charge < -0.3 is 9.47 Å². The van der Waals surface area contributed by atoms with Gasteiger partial charge in [0.15, 0.2) is 5.82 Å². The quantitative estimate of drug-likeness (QED) is 0.623. The summed E-state index contributed by atoms with van der Waals surface area (Å²) in [5.41, 5.74) is 3.09. The van der Waals surface area contributed by atoms with Gasteiger partial charge >= 0.3 is 0 Å². The first-order valence-corrected chi connectivity index (χ1v) is 8.82. The lowest BCUT2D eigenvalue weighted by molar-refractivity contribution is -0.0428. The summed E-state index contributed by atoms with van der Waals surface area (Å²) in [6, 6.07) is 7.90. The van der Waals surface area contributed by atoms with E-state index in [1.807, 2.05) is 24.3 Å². The summed E-state index contributed by atoms with van der Waals surface area (Å²) in [5.74, 6) is 2.60. The molecule has 0 saturated carbocycles. The van der Waals surface area contributed by atoms with Gasteiger partial charge in [-0.1, -0.05) is 6.92 Å². The number of ether oxygens (including phenoxy) is 2. The van der Waals surface area contributed by atoms with E-state index >= 15 is 0 Å². The van der Waals surface area contributed by atoms with Crippen molar-refractivity contribution in [2.24, 2.45) is 0 Å². The van der Waals surface area contributed by atoms with Gasteiger partial charge in [0.05, 0.1) is 25.0 Å². The monoisotopic (exact) mass is 330 g/mol. The summed E-state index contributed by atoms with van der Waals surface area (Å²) in [6.07, 6.45) is 0.811. The molecule has 0 fully saturated rings. The lowest BCUT2D eigenvalue weighted by Gasteiger charge is -2.32. The Morgan fingerprint density at radius 3 is 2.61 bits per heavy atom. The molecule has 0 amide bonds. The van der Waals surface area contributed by atoms with Crippen molar-refractivity contribution in [3.05, 3.63) is 35.5 Å². The highest BCUT2D eigenvalue weighted by Crippen LogP contribution is 2.34. The van der Waals surface area contributed by atoms with E-state index in [1.165, 1.54) is 0 Å².